The van der Waals surface area contributed by atoms with E-state index in [0.29, 0.717) is 16.2 Å². The number of hydrogen-bond acceptors (Lipinski definition) is 4. The molecule has 0 radical (unpaired) electrons. The summed E-state index contributed by atoms with van der Waals surface area (Å²) >= 11 is 1.24. The van der Waals surface area contributed by atoms with E-state index >= 15 is 0 Å². The number of esters is 1. The highest BCUT2D eigenvalue weighted by Gasteiger charge is 2.22. The molecule has 0 spiro atoms. The van der Waals surface area contributed by atoms with E-state index in [1.807, 2.05) is 0 Å². The van der Waals surface area contributed by atoms with Gasteiger partial charge in [-0.05, 0) is 48.4 Å². The lowest BCUT2D eigenvalue weighted by Gasteiger charge is -2.30. The summed E-state index contributed by atoms with van der Waals surface area (Å²) in [6.45, 7) is 3.32. The fraction of sp³-hybridized carbons (Fsp3) is 0.412. The third-order valence-corrected chi connectivity index (χ3v) is 5.11. The molecule has 23 heavy (non-hydrogen) atoms. The van der Waals surface area contributed by atoms with Crippen molar-refractivity contribution >= 4 is 33.3 Å². The number of benzene rings is 1. The van der Waals surface area contributed by atoms with Gasteiger partial charge in [0.05, 0.1) is 0 Å². The van der Waals surface area contributed by atoms with Gasteiger partial charge in [0.15, 0.2) is 6.61 Å². The summed E-state index contributed by atoms with van der Waals surface area (Å²) in [6.07, 6.45) is 2.12. The highest BCUT2D eigenvalue weighted by molar-refractivity contribution is 7.20. The predicted molar refractivity (Wildman–Crippen MR) is 87.0 cm³/mol. The summed E-state index contributed by atoms with van der Waals surface area (Å²) in [5.74, 6) is -0.549. The third-order valence-electron chi connectivity index (χ3n) is 4.02. The number of rotatable bonds is 3. The Morgan fingerprint density at radius 2 is 2.22 bits per heavy atom. The maximum Gasteiger partial charge on any atom is 0.348 e. The average Bonchev–Trinajstić information content (AvgIpc) is 2.95. The van der Waals surface area contributed by atoms with Gasteiger partial charge in [-0.15, -0.1) is 11.3 Å². The fourth-order valence-electron chi connectivity index (χ4n) is 2.82. The zero-order valence-corrected chi connectivity index (χ0v) is 13.7. The molecule has 1 saturated heterocycles. The maximum absolute atomic E-state index is 13.2. The van der Waals surface area contributed by atoms with Crippen LogP contribution >= 0.6 is 11.3 Å². The van der Waals surface area contributed by atoms with Gasteiger partial charge in [0.1, 0.15) is 10.7 Å². The van der Waals surface area contributed by atoms with Crippen LogP contribution in [0.4, 0.5) is 4.39 Å². The number of hydrogen-bond donors (Lipinski definition) is 0. The van der Waals surface area contributed by atoms with Gasteiger partial charge in [-0.2, -0.15) is 0 Å². The van der Waals surface area contributed by atoms with Crippen LogP contribution in [0, 0.1) is 11.7 Å². The zero-order valence-electron chi connectivity index (χ0n) is 12.9. The minimum Gasteiger partial charge on any atom is -0.451 e. The lowest BCUT2D eigenvalue weighted by Crippen LogP contribution is -2.41. The molecule has 1 aromatic heterocycles. The van der Waals surface area contributed by atoms with Crippen molar-refractivity contribution in [1.29, 1.82) is 0 Å². The summed E-state index contributed by atoms with van der Waals surface area (Å²) in [5.41, 5.74) is 0. The van der Waals surface area contributed by atoms with Crippen molar-refractivity contribution in [3.8, 4) is 0 Å². The van der Waals surface area contributed by atoms with Crippen molar-refractivity contribution < 1.29 is 18.7 Å². The number of amides is 1. The number of piperidine rings is 1. The summed E-state index contributed by atoms with van der Waals surface area (Å²) in [7, 11) is 0. The van der Waals surface area contributed by atoms with Crippen LogP contribution in [0.1, 0.15) is 29.4 Å². The first-order chi connectivity index (χ1) is 11.0. The van der Waals surface area contributed by atoms with E-state index in [2.05, 4.69) is 6.92 Å². The molecule has 6 heteroatoms. The predicted octanol–water partition coefficient (Wildman–Crippen LogP) is 3.46. The van der Waals surface area contributed by atoms with Gasteiger partial charge in [0.25, 0.3) is 5.91 Å². The van der Waals surface area contributed by atoms with E-state index in [0.717, 1.165) is 30.6 Å². The molecule has 0 N–H and O–H groups in total. The van der Waals surface area contributed by atoms with Crippen LogP contribution in [0.5, 0.6) is 0 Å². The Balaban J connectivity index is 1.60. The molecule has 1 fully saturated rings. The van der Waals surface area contributed by atoms with Gasteiger partial charge in [0.2, 0.25) is 0 Å². The Morgan fingerprint density at radius 1 is 1.39 bits per heavy atom. The number of carbonyl (C=O) groups excluding carboxylic acids is 2. The van der Waals surface area contributed by atoms with Crippen LogP contribution in [0.3, 0.4) is 0 Å². The SMILES string of the molecule is CC1CCCN(C(=O)COC(=O)c2cc3cc(F)ccc3s2)C1. The normalized spacial score (nSPS) is 18.2. The summed E-state index contributed by atoms with van der Waals surface area (Å²) in [4.78, 5) is 26.3. The van der Waals surface area contributed by atoms with Crippen molar-refractivity contribution in [3.63, 3.8) is 0 Å². The van der Waals surface area contributed by atoms with Crippen molar-refractivity contribution in [1.82, 2.24) is 4.90 Å². The number of halogens is 1. The largest absolute Gasteiger partial charge is 0.451 e. The second-order valence-corrected chi connectivity index (χ2v) is 7.04. The summed E-state index contributed by atoms with van der Waals surface area (Å²) < 4.78 is 19.1. The zero-order chi connectivity index (χ0) is 16.4. The van der Waals surface area contributed by atoms with Gasteiger partial charge < -0.3 is 9.64 Å². The molecule has 1 unspecified atom stereocenters. The quantitative estimate of drug-likeness (QED) is 0.807. The number of carbonyl (C=O) groups is 2. The van der Waals surface area contributed by atoms with Crippen LogP contribution in [-0.4, -0.2) is 36.5 Å². The van der Waals surface area contributed by atoms with E-state index in [-0.39, 0.29) is 18.3 Å². The van der Waals surface area contributed by atoms with Gasteiger partial charge in [-0.25, -0.2) is 9.18 Å². The van der Waals surface area contributed by atoms with Crippen molar-refractivity contribution in [2.75, 3.05) is 19.7 Å². The highest BCUT2D eigenvalue weighted by atomic mass is 32.1. The molecule has 1 atom stereocenters. The van der Waals surface area contributed by atoms with Crippen molar-refractivity contribution in [2.45, 2.75) is 19.8 Å². The Kier molecular flexibility index (Phi) is 4.61. The fourth-order valence-corrected chi connectivity index (χ4v) is 3.76. The number of ether oxygens (including phenoxy) is 1. The molecule has 1 aliphatic heterocycles. The molecule has 3 rings (SSSR count). The minimum atomic E-state index is -0.537. The second-order valence-electron chi connectivity index (χ2n) is 5.96. The molecular weight excluding hydrogens is 317 g/mol. The first-order valence-corrected chi connectivity index (χ1v) is 8.48. The number of thiophene rings is 1. The maximum atomic E-state index is 13.2. The topological polar surface area (TPSA) is 46.6 Å². The van der Waals surface area contributed by atoms with Gasteiger partial charge in [-0.1, -0.05) is 6.92 Å². The van der Waals surface area contributed by atoms with E-state index in [9.17, 15) is 14.0 Å². The van der Waals surface area contributed by atoms with Gasteiger partial charge >= 0.3 is 5.97 Å². The van der Waals surface area contributed by atoms with Crippen molar-refractivity contribution in [3.05, 3.63) is 35.0 Å². The average molecular weight is 335 g/mol. The Labute approximate surface area is 137 Å². The number of fused-ring (bicyclic) bond motifs is 1. The molecular formula is C17H18FNO3S. The van der Waals surface area contributed by atoms with Crippen LogP contribution in [0.2, 0.25) is 0 Å². The number of nitrogens with zero attached hydrogens (tertiary/aromatic N) is 1. The first-order valence-electron chi connectivity index (χ1n) is 7.67. The molecule has 2 aromatic rings. The van der Waals surface area contributed by atoms with E-state index in [1.165, 1.54) is 23.5 Å². The van der Waals surface area contributed by atoms with Crippen LogP contribution in [-0.2, 0) is 9.53 Å². The monoisotopic (exact) mass is 335 g/mol. The first kappa shape index (κ1) is 15.9. The van der Waals surface area contributed by atoms with E-state index in [4.69, 9.17) is 4.74 Å². The van der Waals surface area contributed by atoms with Crippen LogP contribution in [0.15, 0.2) is 24.3 Å². The standard InChI is InChI=1S/C17H18FNO3S/c1-11-3-2-6-19(9-11)16(20)10-22-17(21)15-8-12-7-13(18)4-5-14(12)23-15/h4-5,7-8,11H,2-3,6,9-10H2,1H3. The molecule has 4 nitrogen and oxygen atoms in total. The molecule has 1 amide bonds. The molecule has 0 saturated carbocycles. The molecule has 1 aliphatic rings. The third kappa shape index (κ3) is 3.69. The van der Waals surface area contributed by atoms with Crippen LogP contribution < -0.4 is 0 Å². The van der Waals surface area contributed by atoms with Crippen molar-refractivity contribution in [2.24, 2.45) is 5.92 Å². The molecule has 2 heterocycles. The van der Waals surface area contributed by atoms with Gasteiger partial charge in [0, 0.05) is 17.8 Å². The van der Waals surface area contributed by atoms with Crippen LogP contribution in [0.25, 0.3) is 10.1 Å². The summed E-state index contributed by atoms with van der Waals surface area (Å²) in [6, 6.07) is 5.96. The lowest BCUT2D eigenvalue weighted by atomic mass is 10.0. The highest BCUT2D eigenvalue weighted by Crippen LogP contribution is 2.26. The Bertz CT molecular complexity index is 743. The van der Waals surface area contributed by atoms with E-state index < -0.39 is 5.97 Å². The molecule has 122 valence electrons. The molecule has 0 bridgehead atoms. The Hall–Kier alpha value is -1.95. The second kappa shape index (κ2) is 6.66. The smallest absolute Gasteiger partial charge is 0.348 e. The number of likely N-dealkylation sites (tertiary alicyclic amines) is 1. The van der Waals surface area contributed by atoms with E-state index in [1.54, 1.807) is 17.0 Å². The summed E-state index contributed by atoms with van der Waals surface area (Å²) in [5, 5.41) is 0.665. The van der Waals surface area contributed by atoms with Gasteiger partial charge in [-0.3, -0.25) is 4.79 Å². The molecule has 0 aliphatic carbocycles. The minimum absolute atomic E-state index is 0.156. The Morgan fingerprint density at radius 3 is 3.00 bits per heavy atom. The lowest BCUT2D eigenvalue weighted by molar-refractivity contribution is -0.136. The molecule has 1 aromatic carbocycles.